The maximum atomic E-state index is 12.4. The van der Waals surface area contributed by atoms with Crippen molar-refractivity contribution in [3.05, 3.63) is 11.8 Å². The summed E-state index contributed by atoms with van der Waals surface area (Å²) >= 11 is 0. The van der Waals surface area contributed by atoms with E-state index in [0.29, 0.717) is 18.3 Å². The minimum absolute atomic E-state index is 0.237. The molecular formula is C19H29N5O2. The molecule has 4 heterocycles. The van der Waals surface area contributed by atoms with Crippen LogP contribution in [0.1, 0.15) is 44.2 Å². The van der Waals surface area contributed by atoms with Gasteiger partial charge in [0, 0.05) is 51.0 Å². The van der Waals surface area contributed by atoms with Gasteiger partial charge in [0.15, 0.2) is 0 Å². The Balaban J connectivity index is 1.39. The van der Waals surface area contributed by atoms with Gasteiger partial charge < -0.3 is 20.3 Å². The SMILES string of the molecule is Cc1cc(N2CCC3(CCC(=O)N(C[C@@H]4CCCO4)C3)CC2)nc(N)n1. The number of piperidine rings is 2. The predicted molar refractivity (Wildman–Crippen MR) is 99.8 cm³/mol. The zero-order valence-corrected chi connectivity index (χ0v) is 15.6. The van der Waals surface area contributed by atoms with Crippen molar-refractivity contribution in [3.8, 4) is 0 Å². The zero-order valence-electron chi connectivity index (χ0n) is 15.6. The van der Waals surface area contributed by atoms with Gasteiger partial charge in [0.25, 0.3) is 0 Å². The number of hydrogen-bond acceptors (Lipinski definition) is 6. The van der Waals surface area contributed by atoms with Crippen LogP contribution >= 0.6 is 0 Å². The lowest BCUT2D eigenvalue weighted by atomic mass is 9.72. The Kier molecular flexibility index (Phi) is 4.73. The van der Waals surface area contributed by atoms with Crippen molar-refractivity contribution in [3.63, 3.8) is 0 Å². The average molecular weight is 359 g/mol. The average Bonchev–Trinajstić information content (AvgIpc) is 3.11. The summed E-state index contributed by atoms with van der Waals surface area (Å²) in [4.78, 5) is 25.3. The summed E-state index contributed by atoms with van der Waals surface area (Å²) in [7, 11) is 0. The Bertz CT molecular complexity index is 646. The number of ether oxygens (including phenoxy) is 1. The van der Waals surface area contributed by atoms with Gasteiger partial charge in [0.1, 0.15) is 5.82 Å². The number of likely N-dealkylation sites (tertiary alicyclic amines) is 1. The second kappa shape index (κ2) is 7.02. The van der Waals surface area contributed by atoms with Gasteiger partial charge in [-0.05, 0) is 44.4 Å². The van der Waals surface area contributed by atoms with E-state index in [4.69, 9.17) is 10.5 Å². The van der Waals surface area contributed by atoms with E-state index in [2.05, 4.69) is 19.8 Å². The number of nitrogens with two attached hydrogens (primary N) is 1. The van der Waals surface area contributed by atoms with Crippen molar-refractivity contribution >= 4 is 17.7 Å². The first-order chi connectivity index (χ1) is 12.5. The third-order valence-corrected chi connectivity index (χ3v) is 6.20. The first kappa shape index (κ1) is 17.5. The van der Waals surface area contributed by atoms with Gasteiger partial charge in [-0.2, -0.15) is 4.98 Å². The molecule has 0 radical (unpaired) electrons. The van der Waals surface area contributed by atoms with E-state index >= 15 is 0 Å². The van der Waals surface area contributed by atoms with Crippen LogP contribution in [0.3, 0.4) is 0 Å². The van der Waals surface area contributed by atoms with Crippen LogP contribution in [0.25, 0.3) is 0 Å². The van der Waals surface area contributed by atoms with Crippen molar-refractivity contribution in [2.45, 2.75) is 51.6 Å². The zero-order chi connectivity index (χ0) is 18.1. The highest BCUT2D eigenvalue weighted by Crippen LogP contribution is 2.41. The summed E-state index contributed by atoms with van der Waals surface area (Å²) in [5.74, 6) is 1.56. The summed E-state index contributed by atoms with van der Waals surface area (Å²) < 4.78 is 5.75. The van der Waals surface area contributed by atoms with Gasteiger partial charge in [0.05, 0.1) is 6.10 Å². The molecule has 7 nitrogen and oxygen atoms in total. The van der Waals surface area contributed by atoms with Gasteiger partial charge in [-0.3, -0.25) is 4.79 Å². The summed E-state index contributed by atoms with van der Waals surface area (Å²) in [6.45, 7) is 6.35. The van der Waals surface area contributed by atoms with Crippen molar-refractivity contribution in [1.29, 1.82) is 0 Å². The van der Waals surface area contributed by atoms with Crippen LogP contribution in [0.2, 0.25) is 0 Å². The smallest absolute Gasteiger partial charge is 0.222 e. The predicted octanol–water partition coefficient (Wildman–Crippen LogP) is 1.76. The van der Waals surface area contributed by atoms with Gasteiger partial charge in [-0.1, -0.05) is 0 Å². The second-order valence-electron chi connectivity index (χ2n) is 8.12. The number of anilines is 2. The maximum Gasteiger partial charge on any atom is 0.222 e. The highest BCUT2D eigenvalue weighted by atomic mass is 16.5. The molecule has 3 fully saturated rings. The number of carbonyl (C=O) groups is 1. The third kappa shape index (κ3) is 3.63. The first-order valence-corrected chi connectivity index (χ1v) is 9.79. The maximum absolute atomic E-state index is 12.4. The van der Waals surface area contributed by atoms with Crippen molar-refractivity contribution in [2.24, 2.45) is 5.41 Å². The van der Waals surface area contributed by atoms with Gasteiger partial charge in [-0.25, -0.2) is 4.98 Å². The highest BCUT2D eigenvalue weighted by Gasteiger charge is 2.41. The van der Waals surface area contributed by atoms with E-state index in [1.165, 1.54) is 0 Å². The molecule has 0 aromatic carbocycles. The molecule has 7 heteroatoms. The lowest BCUT2D eigenvalue weighted by Gasteiger charge is -2.48. The standard InChI is InChI=1S/C19H29N5O2/c1-14-11-16(22-18(20)21-14)23-8-6-19(7-9-23)5-4-17(25)24(13-19)12-15-3-2-10-26-15/h11,15H,2-10,12-13H2,1H3,(H2,20,21,22)/t15-/m0/s1. The molecule has 0 unspecified atom stereocenters. The molecule has 3 saturated heterocycles. The number of nitrogen functional groups attached to an aromatic ring is 1. The molecule has 1 atom stereocenters. The van der Waals surface area contributed by atoms with E-state index in [1.54, 1.807) is 0 Å². The second-order valence-corrected chi connectivity index (χ2v) is 8.12. The van der Waals surface area contributed by atoms with Crippen LogP contribution in [0, 0.1) is 12.3 Å². The fourth-order valence-corrected chi connectivity index (χ4v) is 4.66. The van der Waals surface area contributed by atoms with Crippen LogP contribution in [0.4, 0.5) is 11.8 Å². The number of hydrogen-bond donors (Lipinski definition) is 1. The van der Waals surface area contributed by atoms with Gasteiger partial charge in [-0.15, -0.1) is 0 Å². The van der Waals surface area contributed by atoms with E-state index in [1.807, 2.05) is 13.0 Å². The molecule has 1 amide bonds. The number of aromatic nitrogens is 2. The Morgan fingerprint density at radius 1 is 1.31 bits per heavy atom. The van der Waals surface area contributed by atoms with E-state index in [9.17, 15) is 4.79 Å². The fourth-order valence-electron chi connectivity index (χ4n) is 4.66. The lowest BCUT2D eigenvalue weighted by molar-refractivity contribution is -0.140. The van der Waals surface area contributed by atoms with Gasteiger partial charge in [0.2, 0.25) is 11.9 Å². The molecule has 142 valence electrons. The number of aryl methyl sites for hydroxylation is 1. The minimum atomic E-state index is 0.237. The topological polar surface area (TPSA) is 84.6 Å². The molecule has 2 N–H and O–H groups in total. The molecule has 26 heavy (non-hydrogen) atoms. The number of nitrogens with zero attached hydrogens (tertiary/aromatic N) is 4. The molecular weight excluding hydrogens is 330 g/mol. The van der Waals surface area contributed by atoms with Crippen LogP contribution in [0.15, 0.2) is 6.07 Å². The monoisotopic (exact) mass is 359 g/mol. The number of amides is 1. The molecule has 0 aliphatic carbocycles. The molecule has 0 saturated carbocycles. The molecule has 4 rings (SSSR count). The molecule has 3 aliphatic heterocycles. The van der Waals surface area contributed by atoms with E-state index < -0.39 is 0 Å². The van der Waals surface area contributed by atoms with E-state index in [-0.39, 0.29) is 11.5 Å². The quantitative estimate of drug-likeness (QED) is 0.885. The molecule has 3 aliphatic rings. The Labute approximate surface area is 154 Å². The van der Waals surface area contributed by atoms with Crippen LogP contribution in [0.5, 0.6) is 0 Å². The molecule has 1 spiro atoms. The first-order valence-electron chi connectivity index (χ1n) is 9.79. The number of carbonyl (C=O) groups excluding carboxylic acids is 1. The molecule has 1 aromatic heterocycles. The molecule has 0 bridgehead atoms. The van der Waals surface area contributed by atoms with E-state index in [0.717, 1.165) is 76.4 Å². The fraction of sp³-hybridized carbons (Fsp3) is 0.737. The van der Waals surface area contributed by atoms with Crippen molar-refractivity contribution < 1.29 is 9.53 Å². The summed E-state index contributed by atoms with van der Waals surface area (Å²) in [5, 5.41) is 0. The van der Waals surface area contributed by atoms with Crippen LogP contribution in [-0.4, -0.2) is 59.7 Å². The van der Waals surface area contributed by atoms with Crippen LogP contribution < -0.4 is 10.6 Å². The van der Waals surface area contributed by atoms with Crippen molar-refractivity contribution in [1.82, 2.24) is 14.9 Å². The summed E-state index contributed by atoms with van der Waals surface area (Å²) in [6.07, 6.45) is 6.30. The molecule has 1 aromatic rings. The normalized spacial score (nSPS) is 25.9. The van der Waals surface area contributed by atoms with Crippen molar-refractivity contribution in [2.75, 3.05) is 43.4 Å². The number of rotatable bonds is 3. The Hall–Kier alpha value is -1.89. The van der Waals surface area contributed by atoms with Crippen LogP contribution in [-0.2, 0) is 9.53 Å². The Morgan fingerprint density at radius 2 is 2.12 bits per heavy atom. The third-order valence-electron chi connectivity index (χ3n) is 6.20. The Morgan fingerprint density at radius 3 is 2.81 bits per heavy atom. The minimum Gasteiger partial charge on any atom is -0.376 e. The summed E-state index contributed by atoms with van der Waals surface area (Å²) in [6, 6.07) is 2.00. The summed E-state index contributed by atoms with van der Waals surface area (Å²) in [5.41, 5.74) is 6.96. The highest BCUT2D eigenvalue weighted by molar-refractivity contribution is 5.77. The van der Waals surface area contributed by atoms with Gasteiger partial charge >= 0.3 is 0 Å². The largest absolute Gasteiger partial charge is 0.376 e. The lowest BCUT2D eigenvalue weighted by Crippen LogP contribution is -2.53.